The molecule has 0 unspecified atom stereocenters. The van der Waals surface area contributed by atoms with Crippen molar-refractivity contribution in [3.63, 3.8) is 0 Å². The lowest BCUT2D eigenvalue weighted by atomic mass is 9.91. The molecule has 0 amide bonds. The van der Waals surface area contributed by atoms with Gasteiger partial charge in [-0.1, -0.05) is 23.9 Å². The number of carboxylic acid groups (broad SMARTS) is 1. The number of benzene rings is 1. The fourth-order valence-corrected chi connectivity index (χ4v) is 2.92. The number of carbonyl (C=O) groups is 1. The summed E-state index contributed by atoms with van der Waals surface area (Å²) in [5.41, 5.74) is -1.04. The van der Waals surface area contributed by atoms with Crippen molar-refractivity contribution in [2.24, 2.45) is 0 Å². The summed E-state index contributed by atoms with van der Waals surface area (Å²) >= 11 is -1.12. The number of hydrogen-bond acceptors (Lipinski definition) is 2. The molecule has 36 heavy (non-hydrogen) atoms. The third kappa shape index (κ3) is 4.55. The van der Waals surface area contributed by atoms with E-state index in [-0.39, 0.29) is 0 Å². The fraction of sp³-hybridized carbons (Fsp3) is 0.438. The van der Waals surface area contributed by atoms with Crippen molar-refractivity contribution in [2.45, 2.75) is 46.6 Å². The maximum atomic E-state index is 13.8. The van der Waals surface area contributed by atoms with Gasteiger partial charge in [0.05, 0.1) is 5.56 Å². The quantitative estimate of drug-likeness (QED) is 0.237. The zero-order valence-electron chi connectivity index (χ0n) is 16.0. The molecule has 0 heterocycles. The molecule has 0 saturated carbocycles. The van der Waals surface area contributed by atoms with Crippen molar-refractivity contribution in [2.75, 3.05) is 0 Å². The highest BCUT2D eigenvalue weighted by atomic mass is 32.2. The van der Waals surface area contributed by atoms with Crippen LogP contribution in [0, 0.1) is 0 Å². The van der Waals surface area contributed by atoms with Crippen LogP contribution in [-0.4, -0.2) is 52.8 Å². The van der Waals surface area contributed by atoms with Gasteiger partial charge in [-0.2, -0.15) is 70.2 Å². The zero-order chi connectivity index (χ0) is 28.9. The zero-order valence-corrected chi connectivity index (χ0v) is 16.8. The molecule has 1 rings (SSSR count). The molecule has 1 aromatic rings. The van der Waals surface area contributed by atoms with Gasteiger partial charge in [-0.25, -0.2) is 9.18 Å². The van der Waals surface area contributed by atoms with Crippen LogP contribution in [0.4, 0.5) is 74.6 Å². The lowest BCUT2D eigenvalue weighted by Gasteiger charge is -2.41. The third-order valence-corrected chi connectivity index (χ3v) is 5.03. The number of hydrogen-bond donors (Lipinski definition) is 1. The summed E-state index contributed by atoms with van der Waals surface area (Å²) in [7, 11) is 0. The van der Waals surface area contributed by atoms with Crippen molar-refractivity contribution >= 4 is 17.7 Å². The first-order chi connectivity index (χ1) is 15.7. The Balaban J connectivity index is 3.64. The number of halogens is 17. The van der Waals surface area contributed by atoms with Crippen molar-refractivity contribution in [1.29, 1.82) is 0 Å². The van der Waals surface area contributed by atoms with Crippen molar-refractivity contribution in [3.05, 3.63) is 40.8 Å². The molecule has 206 valence electrons. The molecule has 0 fully saturated rings. The van der Waals surface area contributed by atoms with E-state index in [1.165, 1.54) is 0 Å². The number of carboxylic acids is 1. The Labute approximate surface area is 190 Å². The van der Waals surface area contributed by atoms with Crippen LogP contribution in [0.5, 0.6) is 0 Å². The minimum absolute atomic E-state index is 0.514. The van der Waals surface area contributed by atoms with Gasteiger partial charge in [0.2, 0.25) is 5.83 Å². The molecule has 0 aromatic heterocycles. The lowest BCUT2D eigenvalue weighted by molar-refractivity contribution is -0.450. The van der Waals surface area contributed by atoms with Gasteiger partial charge in [-0.05, 0) is 12.1 Å². The van der Waals surface area contributed by atoms with Gasteiger partial charge in [-0.3, -0.25) is 0 Å². The van der Waals surface area contributed by atoms with Gasteiger partial charge < -0.3 is 5.11 Å². The maximum absolute atomic E-state index is 13.8. The largest absolute Gasteiger partial charge is 0.478 e. The lowest BCUT2D eigenvalue weighted by Crippen LogP contribution is -2.72. The van der Waals surface area contributed by atoms with Crippen LogP contribution < -0.4 is 0 Å². The predicted molar refractivity (Wildman–Crippen MR) is 84.2 cm³/mol. The van der Waals surface area contributed by atoms with Crippen LogP contribution in [0.2, 0.25) is 0 Å². The summed E-state index contributed by atoms with van der Waals surface area (Å²) in [6.45, 7) is 0. The fourth-order valence-electron chi connectivity index (χ4n) is 2.10. The van der Waals surface area contributed by atoms with Crippen LogP contribution in [0.15, 0.2) is 40.1 Å². The SMILES string of the molecule is O=C(O)c1ccccc1SC(F)=C(F)C(F)(F)C(F)(F)C(F)(F)C(F)(F)C(F)(F)C(F)(F)C(F)(F)F. The van der Waals surface area contributed by atoms with Crippen LogP contribution in [0.3, 0.4) is 0 Å². The standard InChI is InChI=1S/C16H5F17O2S/c17-7(8(18)36-6-4-2-1-3-5(6)9(34)35)10(19,20)11(21,22)12(23,24)13(25,26)14(27,28)15(29,30)16(31,32)33/h1-4H,(H,34,35). The Morgan fingerprint density at radius 2 is 1.03 bits per heavy atom. The first-order valence-electron chi connectivity index (χ1n) is 8.13. The number of rotatable bonds is 9. The average molecular weight is 584 g/mol. The summed E-state index contributed by atoms with van der Waals surface area (Å²) in [5, 5.41) is 5.47. The number of thioether (sulfide) groups is 1. The molecule has 0 bridgehead atoms. The minimum Gasteiger partial charge on any atom is -0.478 e. The molecular weight excluding hydrogens is 579 g/mol. The molecular formula is C16H5F17O2S. The predicted octanol–water partition coefficient (Wildman–Crippen LogP) is 7.96. The highest BCUT2D eigenvalue weighted by molar-refractivity contribution is 8.03. The van der Waals surface area contributed by atoms with Crippen LogP contribution >= 0.6 is 11.8 Å². The van der Waals surface area contributed by atoms with Gasteiger partial charge in [0.25, 0.3) is 0 Å². The summed E-state index contributed by atoms with van der Waals surface area (Å²) in [6, 6.07) is 2.85. The molecule has 0 aliphatic heterocycles. The van der Waals surface area contributed by atoms with Gasteiger partial charge in [-0.15, -0.1) is 0 Å². The van der Waals surface area contributed by atoms with E-state index in [1.54, 1.807) is 0 Å². The normalized spacial score (nSPS) is 15.6. The topological polar surface area (TPSA) is 37.3 Å². The molecule has 1 N–H and O–H groups in total. The van der Waals surface area contributed by atoms with Crippen LogP contribution in [-0.2, 0) is 0 Å². The van der Waals surface area contributed by atoms with E-state index >= 15 is 0 Å². The van der Waals surface area contributed by atoms with Gasteiger partial charge in [0.1, 0.15) is 0 Å². The number of alkyl halides is 15. The number of allylic oxidation sites excluding steroid dienone is 1. The second-order valence-electron chi connectivity index (χ2n) is 6.44. The van der Waals surface area contributed by atoms with Gasteiger partial charge in [0, 0.05) is 4.90 Å². The van der Waals surface area contributed by atoms with E-state index in [0.717, 1.165) is 12.1 Å². The molecule has 0 aliphatic carbocycles. The summed E-state index contributed by atoms with van der Waals surface area (Å²) in [5.74, 6) is -56.3. The Bertz CT molecular complexity index is 1030. The molecule has 0 radical (unpaired) electrons. The molecule has 0 aliphatic rings. The van der Waals surface area contributed by atoms with E-state index in [4.69, 9.17) is 5.11 Å². The maximum Gasteiger partial charge on any atom is 0.460 e. The molecule has 0 atom stereocenters. The van der Waals surface area contributed by atoms with Crippen molar-refractivity contribution in [3.8, 4) is 0 Å². The van der Waals surface area contributed by atoms with Gasteiger partial charge in [0.15, 0.2) is 5.16 Å². The third-order valence-electron chi connectivity index (χ3n) is 4.09. The molecule has 0 saturated heterocycles. The van der Waals surface area contributed by atoms with E-state index in [0.29, 0.717) is 12.1 Å². The smallest absolute Gasteiger partial charge is 0.460 e. The van der Waals surface area contributed by atoms with Gasteiger partial charge >= 0.3 is 47.7 Å². The first-order valence-corrected chi connectivity index (χ1v) is 8.94. The van der Waals surface area contributed by atoms with Crippen molar-refractivity contribution in [1.82, 2.24) is 0 Å². The van der Waals surface area contributed by atoms with E-state index in [1.807, 2.05) is 0 Å². The Morgan fingerprint density at radius 1 is 0.639 bits per heavy atom. The van der Waals surface area contributed by atoms with Crippen LogP contribution in [0.25, 0.3) is 0 Å². The number of aromatic carboxylic acids is 1. The van der Waals surface area contributed by atoms with E-state index in [9.17, 15) is 79.4 Å². The van der Waals surface area contributed by atoms with Crippen LogP contribution in [0.1, 0.15) is 10.4 Å². The van der Waals surface area contributed by atoms with E-state index in [2.05, 4.69) is 0 Å². The second-order valence-corrected chi connectivity index (χ2v) is 7.44. The molecule has 20 heteroatoms. The summed E-state index contributed by atoms with van der Waals surface area (Å²) < 4.78 is 224. The molecule has 0 spiro atoms. The minimum atomic E-state index is -8.66. The van der Waals surface area contributed by atoms with E-state index < -0.39 is 80.9 Å². The Morgan fingerprint density at radius 3 is 1.44 bits per heavy atom. The van der Waals surface area contributed by atoms with Crippen molar-refractivity contribution < 1.29 is 84.5 Å². The second kappa shape index (κ2) is 9.16. The Hall–Kier alpha value is -2.41. The summed E-state index contributed by atoms with van der Waals surface area (Å²) in [4.78, 5) is 9.83. The highest BCUT2D eigenvalue weighted by Gasteiger charge is 2.93. The molecule has 2 nitrogen and oxygen atoms in total. The monoisotopic (exact) mass is 584 g/mol. The Kier molecular flexibility index (Phi) is 8.04. The highest BCUT2D eigenvalue weighted by Crippen LogP contribution is 2.63. The average Bonchev–Trinajstić information content (AvgIpc) is 2.71. The summed E-state index contributed by atoms with van der Waals surface area (Å²) in [6.07, 6.45) is -7.81. The molecule has 1 aromatic carbocycles. The first kappa shape index (κ1) is 31.6.